The lowest BCUT2D eigenvalue weighted by atomic mass is 10.1. The number of hydrogen-bond donors (Lipinski definition) is 1. The highest BCUT2D eigenvalue weighted by Gasteiger charge is 2.07. The third kappa shape index (κ3) is 4.08. The highest BCUT2D eigenvalue weighted by molar-refractivity contribution is 7.99. The van der Waals surface area contributed by atoms with Gasteiger partial charge < -0.3 is 5.73 Å². The van der Waals surface area contributed by atoms with Gasteiger partial charge in [-0.05, 0) is 50.1 Å². The van der Waals surface area contributed by atoms with Crippen molar-refractivity contribution in [3.63, 3.8) is 0 Å². The third-order valence-electron chi connectivity index (χ3n) is 2.77. The summed E-state index contributed by atoms with van der Waals surface area (Å²) in [5.74, 6) is -0.176. The summed E-state index contributed by atoms with van der Waals surface area (Å²) in [6, 6.07) is 13.5. The number of benzene rings is 2. The Bertz CT molecular complexity index is 566. The molecule has 2 aromatic carbocycles. The molecule has 0 saturated carbocycles. The first-order chi connectivity index (χ1) is 9.04. The van der Waals surface area contributed by atoms with E-state index >= 15 is 0 Å². The monoisotopic (exact) mass is 275 g/mol. The van der Waals surface area contributed by atoms with Crippen LogP contribution in [0.25, 0.3) is 0 Å². The van der Waals surface area contributed by atoms with Gasteiger partial charge in [0.15, 0.2) is 0 Å². The van der Waals surface area contributed by atoms with Gasteiger partial charge in [-0.3, -0.25) is 0 Å². The number of nitrogens with two attached hydrogens (primary N) is 1. The summed E-state index contributed by atoms with van der Waals surface area (Å²) < 4.78 is 14.0. The first kappa shape index (κ1) is 14.1. The molecule has 0 aliphatic carbocycles. The largest absolute Gasteiger partial charge is 0.328 e. The van der Waals surface area contributed by atoms with Crippen molar-refractivity contribution in [3.05, 3.63) is 59.4 Å². The lowest BCUT2D eigenvalue weighted by Crippen LogP contribution is -2.17. The van der Waals surface area contributed by atoms with Gasteiger partial charge in [-0.15, -0.1) is 0 Å². The van der Waals surface area contributed by atoms with E-state index in [1.807, 2.05) is 44.2 Å². The second-order valence-electron chi connectivity index (χ2n) is 4.86. The molecular formula is C16H18FNS. The summed E-state index contributed by atoms with van der Waals surface area (Å²) in [6.45, 7) is 3.96. The fourth-order valence-corrected chi connectivity index (χ4v) is 2.87. The van der Waals surface area contributed by atoms with Crippen molar-refractivity contribution < 1.29 is 4.39 Å². The molecule has 2 aromatic rings. The molecule has 0 aliphatic rings. The van der Waals surface area contributed by atoms with E-state index in [0.29, 0.717) is 11.3 Å². The van der Waals surface area contributed by atoms with Crippen molar-refractivity contribution in [2.45, 2.75) is 36.1 Å². The molecule has 1 nitrogen and oxygen atoms in total. The van der Waals surface area contributed by atoms with Crippen LogP contribution in [0.1, 0.15) is 18.1 Å². The average molecular weight is 275 g/mol. The smallest absolute Gasteiger partial charge is 0.137 e. The van der Waals surface area contributed by atoms with E-state index in [4.69, 9.17) is 5.73 Å². The van der Waals surface area contributed by atoms with Gasteiger partial charge in [0.05, 0.1) is 0 Å². The second kappa shape index (κ2) is 6.22. The van der Waals surface area contributed by atoms with Gasteiger partial charge in [0.25, 0.3) is 0 Å². The molecule has 0 amide bonds. The topological polar surface area (TPSA) is 26.0 Å². The molecule has 2 rings (SSSR count). The summed E-state index contributed by atoms with van der Waals surface area (Å²) in [4.78, 5) is 1.71. The van der Waals surface area contributed by atoms with Gasteiger partial charge in [0.1, 0.15) is 5.82 Å². The third-order valence-corrected chi connectivity index (χ3v) is 3.81. The average Bonchev–Trinajstić information content (AvgIpc) is 2.32. The minimum atomic E-state index is -0.176. The number of aryl methyl sites for hydroxylation is 1. The minimum absolute atomic E-state index is 0.0506. The molecule has 3 heteroatoms. The molecule has 0 saturated heterocycles. The maximum Gasteiger partial charge on any atom is 0.137 e. The molecule has 19 heavy (non-hydrogen) atoms. The maximum atomic E-state index is 14.0. The van der Waals surface area contributed by atoms with Crippen molar-refractivity contribution in [3.8, 4) is 0 Å². The standard InChI is InChI=1S/C16H18FNS/c1-11-4-3-5-14(8-11)19-16-7-6-13(9-12(2)18)10-15(16)17/h3-8,10,12H,9,18H2,1-2H3. The van der Waals surface area contributed by atoms with E-state index < -0.39 is 0 Å². The molecule has 1 atom stereocenters. The number of halogens is 1. The van der Waals surface area contributed by atoms with Crippen LogP contribution in [-0.4, -0.2) is 6.04 Å². The molecule has 100 valence electrons. The van der Waals surface area contributed by atoms with Crippen molar-refractivity contribution in [2.24, 2.45) is 5.73 Å². The highest BCUT2D eigenvalue weighted by atomic mass is 32.2. The Kier molecular flexibility index (Phi) is 4.61. The van der Waals surface area contributed by atoms with Gasteiger partial charge in [-0.2, -0.15) is 0 Å². The SMILES string of the molecule is Cc1cccc(Sc2ccc(CC(C)N)cc2F)c1. The van der Waals surface area contributed by atoms with Crippen LogP contribution in [0, 0.1) is 12.7 Å². The van der Waals surface area contributed by atoms with Gasteiger partial charge in [0.2, 0.25) is 0 Å². The normalized spacial score (nSPS) is 12.4. The molecule has 1 unspecified atom stereocenters. The molecular weight excluding hydrogens is 257 g/mol. The molecule has 2 N–H and O–H groups in total. The van der Waals surface area contributed by atoms with Gasteiger partial charge >= 0.3 is 0 Å². The van der Waals surface area contributed by atoms with Crippen LogP contribution >= 0.6 is 11.8 Å². The first-order valence-electron chi connectivity index (χ1n) is 6.33. The molecule has 0 aromatic heterocycles. The van der Waals surface area contributed by atoms with E-state index in [0.717, 1.165) is 10.5 Å². The Morgan fingerprint density at radius 1 is 1.21 bits per heavy atom. The van der Waals surface area contributed by atoms with Crippen LogP contribution in [0.2, 0.25) is 0 Å². The quantitative estimate of drug-likeness (QED) is 0.906. The van der Waals surface area contributed by atoms with Crippen molar-refractivity contribution in [1.29, 1.82) is 0 Å². The zero-order valence-corrected chi connectivity index (χ0v) is 12.0. The summed E-state index contributed by atoms with van der Waals surface area (Å²) >= 11 is 1.45. The van der Waals surface area contributed by atoms with Gasteiger partial charge in [0, 0.05) is 15.8 Å². The summed E-state index contributed by atoms with van der Waals surface area (Å²) in [6.07, 6.45) is 0.701. The predicted octanol–water partition coefficient (Wildman–Crippen LogP) is 4.18. The van der Waals surface area contributed by atoms with Crippen LogP contribution in [0.15, 0.2) is 52.3 Å². The summed E-state index contributed by atoms with van der Waals surface area (Å²) in [7, 11) is 0. The second-order valence-corrected chi connectivity index (χ2v) is 5.98. The van der Waals surface area contributed by atoms with Crippen LogP contribution in [0.4, 0.5) is 4.39 Å². The van der Waals surface area contributed by atoms with E-state index in [2.05, 4.69) is 6.07 Å². The van der Waals surface area contributed by atoms with Crippen molar-refractivity contribution >= 4 is 11.8 Å². The Labute approximate surface area is 118 Å². The lowest BCUT2D eigenvalue weighted by molar-refractivity contribution is 0.597. The predicted molar refractivity (Wildman–Crippen MR) is 79.1 cm³/mol. The maximum absolute atomic E-state index is 14.0. The lowest BCUT2D eigenvalue weighted by Gasteiger charge is -2.08. The van der Waals surface area contributed by atoms with E-state index in [1.165, 1.54) is 17.3 Å². The van der Waals surface area contributed by atoms with Crippen molar-refractivity contribution in [1.82, 2.24) is 0 Å². The molecule has 0 radical (unpaired) electrons. The van der Waals surface area contributed by atoms with E-state index in [9.17, 15) is 4.39 Å². The van der Waals surface area contributed by atoms with Crippen molar-refractivity contribution in [2.75, 3.05) is 0 Å². The zero-order chi connectivity index (χ0) is 13.8. The van der Waals surface area contributed by atoms with Crippen LogP contribution in [0.3, 0.4) is 0 Å². The molecule has 0 heterocycles. The summed E-state index contributed by atoms with van der Waals surface area (Å²) in [5.41, 5.74) is 7.85. The zero-order valence-electron chi connectivity index (χ0n) is 11.2. The molecule has 0 spiro atoms. The number of rotatable bonds is 4. The Morgan fingerprint density at radius 3 is 2.63 bits per heavy atom. The van der Waals surface area contributed by atoms with Crippen LogP contribution in [-0.2, 0) is 6.42 Å². The Balaban J connectivity index is 2.17. The van der Waals surface area contributed by atoms with E-state index in [-0.39, 0.29) is 11.9 Å². The Hall–Kier alpha value is -1.32. The molecule has 0 bridgehead atoms. The fourth-order valence-electron chi connectivity index (χ4n) is 1.93. The molecule has 0 fully saturated rings. The van der Waals surface area contributed by atoms with Gasteiger partial charge in [-0.1, -0.05) is 35.5 Å². The Morgan fingerprint density at radius 2 is 2.00 bits per heavy atom. The van der Waals surface area contributed by atoms with Crippen LogP contribution < -0.4 is 5.73 Å². The first-order valence-corrected chi connectivity index (χ1v) is 7.15. The number of hydrogen-bond acceptors (Lipinski definition) is 2. The molecule has 0 aliphatic heterocycles. The van der Waals surface area contributed by atoms with Gasteiger partial charge in [-0.25, -0.2) is 4.39 Å². The minimum Gasteiger partial charge on any atom is -0.328 e. The van der Waals surface area contributed by atoms with E-state index in [1.54, 1.807) is 6.07 Å². The fraction of sp³-hybridized carbons (Fsp3) is 0.250. The highest BCUT2D eigenvalue weighted by Crippen LogP contribution is 2.30. The van der Waals surface area contributed by atoms with Crippen LogP contribution in [0.5, 0.6) is 0 Å². The summed E-state index contributed by atoms with van der Waals surface area (Å²) in [5, 5.41) is 0.